The first-order valence-electron chi connectivity index (χ1n) is 9.57. The third-order valence-electron chi connectivity index (χ3n) is 5.16. The number of fused-ring (bicyclic) bond motifs is 1. The molecular formula is C18H20N6O5S3. The lowest BCUT2D eigenvalue weighted by molar-refractivity contribution is -0.132. The molecule has 11 nitrogen and oxygen atoms in total. The lowest BCUT2D eigenvalue weighted by atomic mass is 10.3. The van der Waals surface area contributed by atoms with E-state index >= 15 is 0 Å². The van der Waals surface area contributed by atoms with Crippen molar-refractivity contribution in [3.05, 3.63) is 42.7 Å². The number of benzene rings is 1. The number of nitrogens with zero attached hydrogens (tertiary/aromatic N) is 6. The zero-order valence-corrected chi connectivity index (χ0v) is 19.5. The summed E-state index contributed by atoms with van der Waals surface area (Å²) < 4.78 is 61.8. The van der Waals surface area contributed by atoms with E-state index in [0.29, 0.717) is 11.0 Å². The Kier molecular flexibility index (Phi) is 6.22. The Hall–Kier alpha value is -2.52. The summed E-state index contributed by atoms with van der Waals surface area (Å²) in [5.74, 6) is -0.400. The predicted molar refractivity (Wildman–Crippen MR) is 117 cm³/mol. The molecule has 0 unspecified atom stereocenters. The first-order valence-corrected chi connectivity index (χ1v) is 13.2. The summed E-state index contributed by atoms with van der Waals surface area (Å²) >= 11 is 0.947. The standard InChI is InChI=1S/C18H20N6O5S3/c1-22(31(26,27)14-4-3-7-19-12-14)13-17(25)23-8-10-24(11-9-23)32(28,29)16-6-2-5-15-18(16)21-30-20-15/h2-7,12H,8-11,13H2,1H3. The Morgan fingerprint density at radius 1 is 1.06 bits per heavy atom. The monoisotopic (exact) mass is 496 g/mol. The fourth-order valence-electron chi connectivity index (χ4n) is 3.36. The second kappa shape index (κ2) is 8.78. The topological polar surface area (TPSA) is 134 Å². The fourth-order valence-corrected chi connectivity index (χ4v) is 6.62. The van der Waals surface area contributed by atoms with E-state index in [-0.39, 0.29) is 42.5 Å². The van der Waals surface area contributed by atoms with Gasteiger partial charge in [0.15, 0.2) is 0 Å². The minimum absolute atomic E-state index is 0.00285. The van der Waals surface area contributed by atoms with Crippen LogP contribution in [0.2, 0.25) is 0 Å². The number of hydrogen-bond acceptors (Lipinski definition) is 9. The molecule has 1 fully saturated rings. The number of amides is 1. The van der Waals surface area contributed by atoms with Gasteiger partial charge in [-0.25, -0.2) is 16.8 Å². The van der Waals surface area contributed by atoms with Crippen LogP contribution in [0.25, 0.3) is 11.0 Å². The number of carbonyl (C=O) groups excluding carboxylic acids is 1. The summed E-state index contributed by atoms with van der Waals surface area (Å²) in [6, 6.07) is 7.73. The molecule has 0 bridgehead atoms. The zero-order chi connectivity index (χ0) is 22.9. The Morgan fingerprint density at radius 3 is 2.50 bits per heavy atom. The van der Waals surface area contributed by atoms with E-state index in [1.807, 2.05) is 0 Å². The van der Waals surface area contributed by atoms with E-state index in [9.17, 15) is 21.6 Å². The van der Waals surface area contributed by atoms with Gasteiger partial charge in [0.1, 0.15) is 20.8 Å². The number of aromatic nitrogens is 3. The second-order valence-electron chi connectivity index (χ2n) is 7.12. The molecule has 14 heteroatoms. The highest BCUT2D eigenvalue weighted by atomic mass is 32.2. The van der Waals surface area contributed by atoms with Crippen LogP contribution >= 0.6 is 11.7 Å². The lowest BCUT2D eigenvalue weighted by Crippen LogP contribution is -2.52. The van der Waals surface area contributed by atoms with Crippen molar-refractivity contribution in [2.45, 2.75) is 9.79 Å². The van der Waals surface area contributed by atoms with E-state index < -0.39 is 26.0 Å². The normalized spacial score (nSPS) is 16.0. The fraction of sp³-hybridized carbons (Fsp3) is 0.333. The highest BCUT2D eigenvalue weighted by Gasteiger charge is 2.33. The molecule has 170 valence electrons. The van der Waals surface area contributed by atoms with Gasteiger partial charge in [-0.05, 0) is 24.3 Å². The maximum absolute atomic E-state index is 13.1. The van der Waals surface area contributed by atoms with E-state index in [1.165, 1.54) is 46.8 Å². The van der Waals surface area contributed by atoms with Gasteiger partial charge < -0.3 is 4.90 Å². The summed E-state index contributed by atoms with van der Waals surface area (Å²) in [6.07, 6.45) is 2.68. The number of carbonyl (C=O) groups is 1. The van der Waals surface area contributed by atoms with Crippen molar-refractivity contribution >= 4 is 48.7 Å². The maximum Gasteiger partial charge on any atom is 0.245 e. The molecule has 1 amide bonds. The van der Waals surface area contributed by atoms with Gasteiger partial charge in [0.05, 0.1) is 18.3 Å². The van der Waals surface area contributed by atoms with Crippen molar-refractivity contribution in [3.8, 4) is 0 Å². The average Bonchev–Trinajstić information content (AvgIpc) is 3.28. The Bertz CT molecular complexity index is 1340. The predicted octanol–water partition coefficient (Wildman–Crippen LogP) is 0.240. The van der Waals surface area contributed by atoms with Crippen molar-refractivity contribution in [1.82, 2.24) is 27.2 Å². The molecule has 3 heterocycles. The number of rotatable bonds is 6. The Labute approximate surface area is 189 Å². The number of piperazine rings is 1. The van der Waals surface area contributed by atoms with Crippen molar-refractivity contribution < 1.29 is 21.6 Å². The molecule has 0 radical (unpaired) electrons. The van der Waals surface area contributed by atoms with Gasteiger partial charge in [-0.3, -0.25) is 9.78 Å². The molecule has 0 spiro atoms. The van der Waals surface area contributed by atoms with Gasteiger partial charge in [0.25, 0.3) is 0 Å². The van der Waals surface area contributed by atoms with Gasteiger partial charge >= 0.3 is 0 Å². The molecule has 1 aromatic carbocycles. The molecule has 1 saturated heterocycles. The Morgan fingerprint density at radius 2 is 1.81 bits per heavy atom. The third-order valence-corrected chi connectivity index (χ3v) is 9.42. The zero-order valence-electron chi connectivity index (χ0n) is 17.0. The summed E-state index contributed by atoms with van der Waals surface area (Å²) in [4.78, 5) is 18.0. The first-order chi connectivity index (χ1) is 15.2. The third kappa shape index (κ3) is 4.23. The average molecular weight is 497 g/mol. The van der Waals surface area contributed by atoms with E-state index in [2.05, 4.69) is 13.7 Å². The molecule has 0 atom stereocenters. The summed E-state index contributed by atoms with van der Waals surface area (Å²) in [6.45, 7) is 0.157. The van der Waals surface area contributed by atoms with Crippen LogP contribution in [-0.4, -0.2) is 89.8 Å². The van der Waals surface area contributed by atoms with Crippen molar-refractivity contribution in [1.29, 1.82) is 0 Å². The van der Waals surface area contributed by atoms with Crippen LogP contribution in [0.3, 0.4) is 0 Å². The molecule has 32 heavy (non-hydrogen) atoms. The molecule has 1 aliphatic heterocycles. The van der Waals surface area contributed by atoms with E-state index in [1.54, 1.807) is 12.1 Å². The molecule has 2 aromatic heterocycles. The second-order valence-corrected chi connectivity index (χ2v) is 11.6. The minimum Gasteiger partial charge on any atom is -0.339 e. The molecule has 3 aromatic rings. The van der Waals surface area contributed by atoms with Crippen LogP contribution in [0.4, 0.5) is 0 Å². The van der Waals surface area contributed by atoms with E-state index in [4.69, 9.17) is 0 Å². The highest BCUT2D eigenvalue weighted by molar-refractivity contribution is 7.89. The van der Waals surface area contributed by atoms with E-state index in [0.717, 1.165) is 16.0 Å². The van der Waals surface area contributed by atoms with Crippen LogP contribution in [0.1, 0.15) is 0 Å². The smallest absolute Gasteiger partial charge is 0.245 e. The van der Waals surface area contributed by atoms with Gasteiger partial charge in [0, 0.05) is 45.6 Å². The van der Waals surface area contributed by atoms with Crippen LogP contribution in [-0.2, 0) is 24.8 Å². The maximum atomic E-state index is 13.1. The van der Waals surface area contributed by atoms with Crippen LogP contribution < -0.4 is 0 Å². The SMILES string of the molecule is CN(CC(=O)N1CCN(S(=O)(=O)c2cccc3nsnc23)CC1)S(=O)(=O)c1cccnc1. The molecular weight excluding hydrogens is 476 g/mol. The van der Waals surface area contributed by atoms with Gasteiger partial charge in [0.2, 0.25) is 26.0 Å². The lowest BCUT2D eigenvalue weighted by Gasteiger charge is -2.34. The number of pyridine rings is 1. The Balaban J connectivity index is 1.41. The molecule has 4 rings (SSSR count). The summed E-state index contributed by atoms with van der Waals surface area (Å²) in [5, 5.41) is 0. The van der Waals surface area contributed by atoms with Crippen molar-refractivity contribution in [3.63, 3.8) is 0 Å². The summed E-state index contributed by atoms with van der Waals surface area (Å²) in [7, 11) is -6.33. The summed E-state index contributed by atoms with van der Waals surface area (Å²) in [5.41, 5.74) is 0.848. The quantitative estimate of drug-likeness (QED) is 0.474. The van der Waals surface area contributed by atoms with Gasteiger partial charge in [-0.15, -0.1) is 0 Å². The number of sulfonamides is 2. The van der Waals surface area contributed by atoms with Crippen molar-refractivity contribution in [2.24, 2.45) is 0 Å². The highest BCUT2D eigenvalue weighted by Crippen LogP contribution is 2.25. The molecule has 1 aliphatic rings. The van der Waals surface area contributed by atoms with Crippen LogP contribution in [0.15, 0.2) is 52.5 Å². The minimum atomic E-state index is -3.85. The first kappa shape index (κ1) is 22.7. The molecule has 0 aliphatic carbocycles. The largest absolute Gasteiger partial charge is 0.339 e. The molecule has 0 N–H and O–H groups in total. The number of likely N-dealkylation sites (N-methyl/N-ethyl adjacent to an activating group) is 1. The van der Waals surface area contributed by atoms with Crippen LogP contribution in [0, 0.1) is 0 Å². The van der Waals surface area contributed by atoms with Crippen LogP contribution in [0.5, 0.6) is 0 Å². The molecule has 0 saturated carbocycles. The van der Waals surface area contributed by atoms with Gasteiger partial charge in [-0.2, -0.15) is 17.4 Å². The number of hydrogen-bond donors (Lipinski definition) is 0. The van der Waals surface area contributed by atoms with Gasteiger partial charge in [-0.1, -0.05) is 6.07 Å². The van der Waals surface area contributed by atoms with Crippen molar-refractivity contribution in [2.75, 3.05) is 39.8 Å².